The summed E-state index contributed by atoms with van der Waals surface area (Å²) < 4.78 is 11.8. The Morgan fingerprint density at radius 3 is 3.05 bits per heavy atom. The zero-order valence-corrected chi connectivity index (χ0v) is 12.4. The van der Waals surface area contributed by atoms with Gasteiger partial charge < -0.3 is 19.1 Å². The van der Waals surface area contributed by atoms with Crippen molar-refractivity contribution < 1.29 is 14.1 Å². The van der Waals surface area contributed by atoms with Crippen LogP contribution in [0.5, 0.6) is 0 Å². The van der Waals surface area contributed by atoms with Gasteiger partial charge in [-0.2, -0.15) is 0 Å². The maximum Gasteiger partial charge on any atom is 0.274 e. The predicted molar refractivity (Wildman–Crippen MR) is 73.6 cm³/mol. The van der Waals surface area contributed by atoms with E-state index in [-0.39, 0.29) is 17.6 Å². The van der Waals surface area contributed by atoms with Crippen LogP contribution in [0.3, 0.4) is 0 Å². The van der Waals surface area contributed by atoms with Crippen LogP contribution in [0.15, 0.2) is 16.9 Å². The fourth-order valence-electron chi connectivity index (χ4n) is 1.96. The summed E-state index contributed by atoms with van der Waals surface area (Å²) in [6.07, 6.45) is 2.50. The van der Waals surface area contributed by atoms with Crippen molar-refractivity contribution in [2.75, 3.05) is 13.7 Å². The van der Waals surface area contributed by atoms with Crippen LogP contribution < -0.4 is 5.32 Å². The van der Waals surface area contributed by atoms with Crippen LogP contribution in [0.4, 0.5) is 0 Å². The van der Waals surface area contributed by atoms with Crippen LogP contribution in [0.1, 0.15) is 41.5 Å². The Balaban J connectivity index is 1.98. The number of aryl methyl sites for hydroxylation is 2. The molecule has 1 N–H and O–H groups in total. The number of carbonyl (C=O) groups excluding carboxylic acids is 1. The van der Waals surface area contributed by atoms with Gasteiger partial charge in [0.1, 0.15) is 12.1 Å². The third kappa shape index (κ3) is 3.88. The monoisotopic (exact) mass is 293 g/mol. The highest BCUT2D eigenvalue weighted by atomic mass is 16.5. The maximum atomic E-state index is 12.0. The minimum Gasteiger partial charge on any atom is -0.385 e. The number of nitrogens with one attached hydrogen (secondary N) is 1. The summed E-state index contributed by atoms with van der Waals surface area (Å²) in [6.45, 7) is 4.98. The second-order valence-corrected chi connectivity index (χ2v) is 4.75. The van der Waals surface area contributed by atoms with E-state index in [0.717, 1.165) is 13.0 Å². The van der Waals surface area contributed by atoms with E-state index in [4.69, 9.17) is 9.26 Å². The van der Waals surface area contributed by atoms with E-state index in [1.54, 1.807) is 26.4 Å². The Hall–Kier alpha value is -2.22. The summed E-state index contributed by atoms with van der Waals surface area (Å²) in [4.78, 5) is 12.0. The van der Waals surface area contributed by atoms with Gasteiger partial charge in [0.15, 0.2) is 11.5 Å². The third-order valence-electron chi connectivity index (χ3n) is 2.99. The van der Waals surface area contributed by atoms with Crippen LogP contribution in [0, 0.1) is 6.92 Å². The van der Waals surface area contributed by atoms with Crippen molar-refractivity contribution in [3.05, 3.63) is 29.7 Å². The van der Waals surface area contributed by atoms with Crippen LogP contribution in [-0.4, -0.2) is 39.5 Å². The number of rotatable bonds is 7. The first-order valence-corrected chi connectivity index (χ1v) is 6.72. The summed E-state index contributed by atoms with van der Waals surface area (Å²) in [6, 6.07) is 1.31. The second-order valence-electron chi connectivity index (χ2n) is 4.75. The van der Waals surface area contributed by atoms with Gasteiger partial charge in [-0.1, -0.05) is 5.16 Å². The average Bonchev–Trinajstić information content (AvgIpc) is 3.08. The summed E-state index contributed by atoms with van der Waals surface area (Å²) in [7, 11) is 1.66. The number of aromatic nitrogens is 4. The molecule has 0 aromatic carbocycles. The SMILES string of the molecule is COCCCn1cnnc1[C@@H](C)NC(=O)c1cc(C)on1. The fraction of sp³-hybridized carbons (Fsp3) is 0.538. The molecule has 0 unspecified atom stereocenters. The molecule has 1 amide bonds. The van der Waals surface area contributed by atoms with Crippen LogP contribution in [0.25, 0.3) is 0 Å². The molecule has 2 aromatic rings. The maximum absolute atomic E-state index is 12.0. The predicted octanol–water partition coefficient (Wildman–Crippen LogP) is 1.10. The molecule has 2 aromatic heterocycles. The van der Waals surface area contributed by atoms with E-state index in [2.05, 4.69) is 20.7 Å². The number of hydrogen-bond donors (Lipinski definition) is 1. The van der Waals surface area contributed by atoms with Crippen LogP contribution in [0.2, 0.25) is 0 Å². The molecule has 8 nitrogen and oxygen atoms in total. The number of hydrogen-bond acceptors (Lipinski definition) is 6. The minimum absolute atomic E-state index is 0.254. The standard InChI is InChI=1S/C13H19N5O3/c1-9-7-11(17-21-9)13(19)15-10(2)12-16-14-8-18(12)5-4-6-20-3/h7-8,10H,4-6H2,1-3H3,(H,15,19)/t10-/m1/s1. The summed E-state index contributed by atoms with van der Waals surface area (Å²) >= 11 is 0. The molecule has 1 atom stereocenters. The average molecular weight is 293 g/mol. The molecule has 21 heavy (non-hydrogen) atoms. The van der Waals surface area contributed by atoms with Gasteiger partial charge in [-0.3, -0.25) is 4.79 Å². The van der Waals surface area contributed by atoms with Gasteiger partial charge >= 0.3 is 0 Å². The second kappa shape index (κ2) is 6.98. The largest absolute Gasteiger partial charge is 0.385 e. The first kappa shape index (κ1) is 15.2. The summed E-state index contributed by atoms with van der Waals surface area (Å²) in [5, 5.41) is 14.5. The first-order chi connectivity index (χ1) is 10.1. The van der Waals surface area contributed by atoms with E-state index in [1.165, 1.54) is 0 Å². The van der Waals surface area contributed by atoms with E-state index >= 15 is 0 Å². The Morgan fingerprint density at radius 2 is 2.38 bits per heavy atom. The van der Waals surface area contributed by atoms with Crippen molar-refractivity contribution in [3.8, 4) is 0 Å². The molecule has 8 heteroatoms. The lowest BCUT2D eigenvalue weighted by Crippen LogP contribution is -2.29. The van der Waals surface area contributed by atoms with Crippen molar-refractivity contribution in [1.82, 2.24) is 25.2 Å². The minimum atomic E-state index is -0.300. The molecular formula is C13H19N5O3. The molecule has 0 saturated carbocycles. The molecule has 0 aliphatic heterocycles. The number of nitrogens with zero attached hydrogens (tertiary/aromatic N) is 4. The Morgan fingerprint density at radius 1 is 1.57 bits per heavy atom. The van der Waals surface area contributed by atoms with Gasteiger partial charge in [-0.15, -0.1) is 10.2 Å². The highest BCUT2D eigenvalue weighted by Gasteiger charge is 2.18. The normalized spacial score (nSPS) is 12.3. The van der Waals surface area contributed by atoms with Crippen molar-refractivity contribution in [1.29, 1.82) is 0 Å². The van der Waals surface area contributed by atoms with E-state index in [9.17, 15) is 4.79 Å². The Kier molecular flexibility index (Phi) is 5.04. The summed E-state index contributed by atoms with van der Waals surface area (Å²) in [5.74, 6) is 0.987. The summed E-state index contributed by atoms with van der Waals surface area (Å²) in [5.41, 5.74) is 0.254. The topological polar surface area (TPSA) is 95.1 Å². The number of methoxy groups -OCH3 is 1. The molecule has 2 rings (SSSR count). The van der Waals surface area contributed by atoms with Crippen molar-refractivity contribution in [2.24, 2.45) is 0 Å². The van der Waals surface area contributed by atoms with Crippen molar-refractivity contribution >= 4 is 5.91 Å². The number of ether oxygens (including phenoxy) is 1. The molecule has 0 saturated heterocycles. The molecule has 114 valence electrons. The molecule has 0 aliphatic carbocycles. The van der Waals surface area contributed by atoms with Gasteiger partial charge in [0.2, 0.25) is 0 Å². The molecule has 0 spiro atoms. The molecule has 0 radical (unpaired) electrons. The van der Waals surface area contributed by atoms with E-state index < -0.39 is 0 Å². The molecular weight excluding hydrogens is 274 g/mol. The van der Waals surface area contributed by atoms with Gasteiger partial charge in [-0.05, 0) is 20.3 Å². The highest BCUT2D eigenvalue weighted by molar-refractivity contribution is 5.92. The highest BCUT2D eigenvalue weighted by Crippen LogP contribution is 2.11. The third-order valence-corrected chi connectivity index (χ3v) is 2.99. The van der Waals surface area contributed by atoms with Crippen molar-refractivity contribution in [2.45, 2.75) is 32.9 Å². The van der Waals surface area contributed by atoms with E-state index in [1.807, 2.05) is 11.5 Å². The van der Waals surface area contributed by atoms with Crippen LogP contribution >= 0.6 is 0 Å². The lowest BCUT2D eigenvalue weighted by molar-refractivity contribution is 0.0928. The first-order valence-electron chi connectivity index (χ1n) is 6.72. The zero-order chi connectivity index (χ0) is 15.2. The van der Waals surface area contributed by atoms with Gasteiger partial charge in [-0.25, -0.2) is 0 Å². The van der Waals surface area contributed by atoms with Gasteiger partial charge in [0, 0.05) is 26.3 Å². The van der Waals surface area contributed by atoms with Crippen molar-refractivity contribution in [3.63, 3.8) is 0 Å². The fourth-order valence-corrected chi connectivity index (χ4v) is 1.96. The lowest BCUT2D eigenvalue weighted by Gasteiger charge is -2.13. The lowest BCUT2D eigenvalue weighted by atomic mass is 10.2. The molecule has 0 bridgehead atoms. The molecule has 2 heterocycles. The number of amides is 1. The smallest absolute Gasteiger partial charge is 0.274 e. The van der Waals surface area contributed by atoms with Gasteiger partial charge in [0.25, 0.3) is 5.91 Å². The number of carbonyl (C=O) groups is 1. The molecule has 0 aliphatic rings. The van der Waals surface area contributed by atoms with Crippen LogP contribution in [-0.2, 0) is 11.3 Å². The zero-order valence-electron chi connectivity index (χ0n) is 12.4. The Labute approximate surface area is 122 Å². The van der Waals surface area contributed by atoms with E-state index in [0.29, 0.717) is 18.2 Å². The van der Waals surface area contributed by atoms with Gasteiger partial charge in [0.05, 0.1) is 6.04 Å². The quantitative estimate of drug-likeness (QED) is 0.768. The molecule has 0 fully saturated rings. The Bertz CT molecular complexity index is 592.